The molecule has 0 bridgehead atoms. The molecule has 11 N–H and O–H groups in total. The van der Waals surface area contributed by atoms with Crippen molar-refractivity contribution in [1.82, 2.24) is 0 Å². The van der Waals surface area contributed by atoms with Crippen molar-refractivity contribution in [3.63, 3.8) is 0 Å². The molecular formula is C18H34N2O11. The molecule has 1 aliphatic carbocycles. The smallest absolute Gasteiger partial charge is 0.187 e. The lowest BCUT2D eigenvalue weighted by molar-refractivity contribution is -0.318. The first-order valence-corrected chi connectivity index (χ1v) is 10.4. The van der Waals surface area contributed by atoms with Crippen LogP contribution in [0.3, 0.4) is 0 Å². The zero-order valence-electron chi connectivity index (χ0n) is 17.1. The maximum atomic E-state index is 10.5. The number of rotatable bonds is 6. The van der Waals surface area contributed by atoms with Gasteiger partial charge in [-0.25, -0.2) is 0 Å². The van der Waals surface area contributed by atoms with Crippen LogP contribution in [0.25, 0.3) is 0 Å². The Kier molecular flexibility index (Phi) is 8.24. The zero-order valence-corrected chi connectivity index (χ0v) is 17.1. The fourth-order valence-corrected chi connectivity index (χ4v) is 4.34. The Balaban J connectivity index is 1.74. The Bertz CT molecular complexity index is 589. The zero-order chi connectivity index (χ0) is 23.0. The minimum absolute atomic E-state index is 0.249. The van der Waals surface area contributed by atoms with Crippen molar-refractivity contribution < 1.29 is 54.7 Å². The van der Waals surface area contributed by atoms with Gasteiger partial charge in [0.2, 0.25) is 0 Å². The van der Waals surface area contributed by atoms with Crippen LogP contribution in [-0.4, -0.2) is 129 Å². The highest BCUT2D eigenvalue weighted by molar-refractivity contribution is 4.98. The van der Waals surface area contributed by atoms with E-state index in [0.717, 1.165) is 0 Å². The van der Waals surface area contributed by atoms with E-state index in [-0.39, 0.29) is 5.92 Å². The summed E-state index contributed by atoms with van der Waals surface area (Å²) < 4.78 is 22.2. The van der Waals surface area contributed by atoms with Crippen molar-refractivity contribution in [3.05, 3.63) is 0 Å². The molecule has 182 valence electrons. The van der Waals surface area contributed by atoms with Gasteiger partial charge in [0.15, 0.2) is 12.6 Å². The van der Waals surface area contributed by atoms with Gasteiger partial charge in [0.25, 0.3) is 0 Å². The van der Waals surface area contributed by atoms with Crippen molar-refractivity contribution in [1.29, 1.82) is 0 Å². The summed E-state index contributed by atoms with van der Waals surface area (Å²) in [6.07, 6.45) is -13.7. The summed E-state index contributed by atoms with van der Waals surface area (Å²) in [5.74, 6) is -0.249. The minimum atomic E-state index is -1.52. The highest BCUT2D eigenvalue weighted by Crippen LogP contribution is 2.32. The third-order valence-corrected chi connectivity index (χ3v) is 6.32. The molecule has 13 nitrogen and oxygen atoms in total. The van der Waals surface area contributed by atoms with E-state index in [0.29, 0.717) is 6.42 Å². The van der Waals surface area contributed by atoms with E-state index in [9.17, 15) is 35.7 Å². The molecule has 1 saturated carbocycles. The Morgan fingerprint density at radius 3 is 1.87 bits per heavy atom. The average Bonchev–Trinajstić information content (AvgIpc) is 3.01. The van der Waals surface area contributed by atoms with Gasteiger partial charge >= 0.3 is 0 Å². The standard InChI is InChI=1S/C18H34N2O11/c1-5-2-6(19)15(13(26)10(5)23)30-17-9(20)16(12(25)8(4-22)28-17)31-18-14(27)11(24)7(3-21)29-18/h5-18,21-27H,2-4,19-20H2,1H3/t5-,6?,7-,8?,9?,10?,11+,12-,13-,14?,15-,16-,17-,18+/m1/s1. The molecule has 2 aliphatic heterocycles. The first-order valence-electron chi connectivity index (χ1n) is 10.4. The van der Waals surface area contributed by atoms with Crippen LogP contribution in [0.1, 0.15) is 13.3 Å². The van der Waals surface area contributed by atoms with Crippen molar-refractivity contribution >= 4 is 0 Å². The minimum Gasteiger partial charge on any atom is -0.394 e. The van der Waals surface area contributed by atoms with Crippen molar-refractivity contribution in [3.8, 4) is 0 Å². The Morgan fingerprint density at radius 2 is 1.29 bits per heavy atom. The molecule has 2 saturated heterocycles. The Labute approximate surface area is 179 Å². The van der Waals surface area contributed by atoms with Gasteiger partial charge in [-0.3, -0.25) is 0 Å². The van der Waals surface area contributed by atoms with E-state index in [2.05, 4.69) is 0 Å². The highest BCUT2D eigenvalue weighted by Gasteiger charge is 2.52. The third-order valence-electron chi connectivity index (χ3n) is 6.32. The van der Waals surface area contributed by atoms with Crippen LogP contribution < -0.4 is 11.5 Å². The molecular weight excluding hydrogens is 420 g/mol. The summed E-state index contributed by atoms with van der Waals surface area (Å²) in [4.78, 5) is 0. The number of hydrogen-bond donors (Lipinski definition) is 9. The first kappa shape index (κ1) is 25.1. The fraction of sp³-hybridized carbons (Fsp3) is 1.00. The molecule has 0 aromatic rings. The summed E-state index contributed by atoms with van der Waals surface area (Å²) in [5, 5.41) is 69.9. The van der Waals surface area contributed by atoms with Crippen LogP contribution >= 0.6 is 0 Å². The topological polar surface area (TPSA) is 231 Å². The van der Waals surface area contributed by atoms with E-state index >= 15 is 0 Å². The second kappa shape index (κ2) is 10.2. The molecule has 0 aromatic heterocycles. The number of ether oxygens (including phenoxy) is 4. The maximum Gasteiger partial charge on any atom is 0.187 e. The second-order valence-corrected chi connectivity index (χ2v) is 8.56. The van der Waals surface area contributed by atoms with Gasteiger partial charge in [0.1, 0.15) is 48.8 Å². The monoisotopic (exact) mass is 454 g/mol. The lowest BCUT2D eigenvalue weighted by Gasteiger charge is -2.47. The molecule has 14 atom stereocenters. The van der Waals surface area contributed by atoms with Crippen LogP contribution in [0, 0.1) is 5.92 Å². The van der Waals surface area contributed by atoms with Gasteiger partial charge in [-0.2, -0.15) is 0 Å². The number of hydrogen-bond acceptors (Lipinski definition) is 13. The van der Waals surface area contributed by atoms with Crippen molar-refractivity contribution in [2.45, 2.75) is 92.9 Å². The number of aliphatic hydroxyl groups is 7. The summed E-state index contributed by atoms with van der Waals surface area (Å²) in [7, 11) is 0. The van der Waals surface area contributed by atoms with Crippen molar-refractivity contribution in [2.24, 2.45) is 17.4 Å². The quantitative estimate of drug-likeness (QED) is 0.183. The van der Waals surface area contributed by atoms with Crippen LogP contribution in [0.5, 0.6) is 0 Å². The molecule has 13 heteroatoms. The summed E-state index contributed by atoms with van der Waals surface area (Å²) in [6, 6.07) is -1.82. The van der Waals surface area contributed by atoms with Crippen LogP contribution in [0.2, 0.25) is 0 Å². The molecule has 0 aromatic carbocycles. The Hall–Kier alpha value is -0.520. The van der Waals surface area contributed by atoms with Gasteiger partial charge in [-0.05, 0) is 12.3 Å². The molecule has 0 spiro atoms. The maximum absolute atomic E-state index is 10.5. The molecule has 31 heavy (non-hydrogen) atoms. The molecule has 2 heterocycles. The predicted octanol–water partition coefficient (Wildman–Crippen LogP) is -5.31. The van der Waals surface area contributed by atoms with Gasteiger partial charge in [-0.1, -0.05) is 6.92 Å². The predicted molar refractivity (Wildman–Crippen MR) is 101 cm³/mol. The van der Waals surface area contributed by atoms with E-state index in [1.165, 1.54) is 0 Å². The van der Waals surface area contributed by atoms with Gasteiger partial charge in [0.05, 0.1) is 25.4 Å². The van der Waals surface area contributed by atoms with Gasteiger partial charge in [0, 0.05) is 6.04 Å². The van der Waals surface area contributed by atoms with Crippen LogP contribution in [0.15, 0.2) is 0 Å². The average molecular weight is 454 g/mol. The normalized spacial score (nSPS) is 53.6. The highest BCUT2D eigenvalue weighted by atomic mass is 16.7. The summed E-state index contributed by atoms with van der Waals surface area (Å²) >= 11 is 0. The lowest BCUT2D eigenvalue weighted by atomic mass is 9.80. The van der Waals surface area contributed by atoms with Crippen molar-refractivity contribution in [2.75, 3.05) is 13.2 Å². The molecule has 3 fully saturated rings. The van der Waals surface area contributed by atoms with Gasteiger partial charge in [-0.15, -0.1) is 0 Å². The van der Waals surface area contributed by atoms with Crippen LogP contribution in [0.4, 0.5) is 0 Å². The molecule has 3 rings (SSSR count). The van der Waals surface area contributed by atoms with Crippen LogP contribution in [-0.2, 0) is 18.9 Å². The van der Waals surface area contributed by atoms with Gasteiger partial charge < -0.3 is 66.2 Å². The molecule has 0 amide bonds. The van der Waals surface area contributed by atoms with E-state index in [4.69, 9.17) is 30.4 Å². The molecule has 3 aliphatic rings. The lowest BCUT2D eigenvalue weighted by Crippen LogP contribution is -2.67. The fourth-order valence-electron chi connectivity index (χ4n) is 4.34. The van der Waals surface area contributed by atoms with E-state index < -0.39 is 92.8 Å². The number of aliphatic hydroxyl groups excluding tert-OH is 7. The molecule has 5 unspecified atom stereocenters. The largest absolute Gasteiger partial charge is 0.394 e. The van der Waals surface area contributed by atoms with E-state index in [1.54, 1.807) is 6.92 Å². The SMILES string of the molecule is C[C@@H]1CC(N)[C@@H](O[C@H]2OC(CO)[C@@H](O)[C@H](O[C@@H]3O[C@H](CO)[C@H](O)C3O)C2N)[C@H](O)C1O. The van der Waals surface area contributed by atoms with E-state index in [1.807, 2.05) is 0 Å². The number of nitrogens with two attached hydrogens (primary N) is 2. The first-order chi connectivity index (χ1) is 14.6. The third kappa shape index (κ3) is 4.89. The summed E-state index contributed by atoms with van der Waals surface area (Å²) in [6.45, 7) is 0.558. The second-order valence-electron chi connectivity index (χ2n) is 8.56. The Morgan fingerprint density at radius 1 is 0.742 bits per heavy atom. The summed E-state index contributed by atoms with van der Waals surface area (Å²) in [5.41, 5.74) is 12.3. The molecule has 0 radical (unpaired) electrons.